The highest BCUT2D eigenvalue weighted by atomic mass is 79.9. The van der Waals surface area contributed by atoms with Crippen LogP contribution in [0.25, 0.3) is 0 Å². The van der Waals surface area contributed by atoms with E-state index >= 15 is 0 Å². The summed E-state index contributed by atoms with van der Waals surface area (Å²) < 4.78 is 27.2. The van der Waals surface area contributed by atoms with Gasteiger partial charge in [0.05, 0.1) is 14.9 Å². The molecule has 8 heteroatoms. The third kappa shape index (κ3) is 3.33. The average molecular weight is 398 g/mol. The maximum Gasteiger partial charge on any atom is 0.243 e. The molecule has 1 aliphatic rings. The Bertz CT molecular complexity index is 636. The van der Waals surface area contributed by atoms with Gasteiger partial charge in [0.1, 0.15) is 0 Å². The Morgan fingerprint density at radius 3 is 2.80 bits per heavy atom. The van der Waals surface area contributed by atoms with Gasteiger partial charge in [-0.05, 0) is 47.0 Å². The first-order valence-electron chi connectivity index (χ1n) is 6.07. The number of hydrogen-bond donors (Lipinski definition) is 1. The van der Waals surface area contributed by atoms with E-state index in [2.05, 4.69) is 15.9 Å². The third-order valence-corrected chi connectivity index (χ3v) is 6.72. The van der Waals surface area contributed by atoms with Gasteiger partial charge in [0.25, 0.3) is 0 Å². The number of nitrogens with zero attached hydrogens (tertiary/aromatic N) is 1. The number of nitrogens with two attached hydrogens (primary N) is 1. The van der Waals surface area contributed by atoms with Crippen LogP contribution in [0.2, 0.25) is 5.02 Å². The summed E-state index contributed by atoms with van der Waals surface area (Å²) in [7, 11) is -3.54. The predicted octanol–water partition coefficient (Wildman–Crippen LogP) is 2.79. The van der Waals surface area contributed by atoms with Crippen LogP contribution in [0.4, 0.5) is 0 Å². The van der Waals surface area contributed by atoms with Crippen molar-refractivity contribution in [3.8, 4) is 0 Å². The van der Waals surface area contributed by atoms with Crippen molar-refractivity contribution >= 4 is 54.8 Å². The first-order chi connectivity index (χ1) is 9.32. The summed E-state index contributed by atoms with van der Waals surface area (Å²) in [6.45, 7) is 0.833. The number of thiocarbonyl (C=S) groups is 1. The van der Waals surface area contributed by atoms with Gasteiger partial charge in [-0.1, -0.05) is 23.8 Å². The number of rotatable bonds is 3. The van der Waals surface area contributed by atoms with Crippen LogP contribution in [-0.4, -0.2) is 30.8 Å². The highest BCUT2D eigenvalue weighted by molar-refractivity contribution is 9.10. The average Bonchev–Trinajstić information content (AvgIpc) is 2.42. The van der Waals surface area contributed by atoms with Crippen LogP contribution in [0.3, 0.4) is 0 Å². The first-order valence-corrected chi connectivity index (χ1v) is 9.09. The standard InChI is InChI=1S/C12H14BrClN2O2S2/c13-10-6-9(3-4-11(10)14)20(17,18)16-5-1-2-8(7-16)12(15)19/h3-4,6,8H,1-2,5,7H2,(H2,15,19). The number of hydrogen-bond acceptors (Lipinski definition) is 3. The number of benzene rings is 1. The van der Waals surface area contributed by atoms with Crippen molar-refractivity contribution in [2.75, 3.05) is 13.1 Å². The van der Waals surface area contributed by atoms with Crippen molar-refractivity contribution in [1.82, 2.24) is 4.31 Å². The maximum absolute atomic E-state index is 12.6. The topological polar surface area (TPSA) is 63.4 Å². The Kier molecular flexibility index (Phi) is 5.07. The van der Waals surface area contributed by atoms with Gasteiger partial charge in [0.15, 0.2) is 0 Å². The smallest absolute Gasteiger partial charge is 0.243 e. The van der Waals surface area contributed by atoms with Crippen molar-refractivity contribution in [1.29, 1.82) is 0 Å². The van der Waals surface area contributed by atoms with Crippen molar-refractivity contribution in [3.05, 3.63) is 27.7 Å². The van der Waals surface area contributed by atoms with E-state index in [0.29, 0.717) is 27.6 Å². The van der Waals surface area contributed by atoms with Crippen LogP contribution in [0.1, 0.15) is 12.8 Å². The zero-order valence-electron chi connectivity index (χ0n) is 10.6. The quantitative estimate of drug-likeness (QED) is 0.797. The fraction of sp³-hybridized carbons (Fsp3) is 0.417. The summed E-state index contributed by atoms with van der Waals surface area (Å²) in [4.78, 5) is 0.597. The third-order valence-electron chi connectivity index (χ3n) is 3.32. The summed E-state index contributed by atoms with van der Waals surface area (Å²) in [5.74, 6) is -0.0516. The molecular weight excluding hydrogens is 384 g/mol. The lowest BCUT2D eigenvalue weighted by Gasteiger charge is -2.31. The van der Waals surface area contributed by atoms with Crippen LogP contribution in [0, 0.1) is 5.92 Å². The number of halogens is 2. The van der Waals surface area contributed by atoms with Crippen molar-refractivity contribution in [2.24, 2.45) is 11.7 Å². The number of piperidine rings is 1. The monoisotopic (exact) mass is 396 g/mol. The van der Waals surface area contributed by atoms with Crippen LogP contribution in [-0.2, 0) is 10.0 Å². The van der Waals surface area contributed by atoms with Crippen LogP contribution in [0.5, 0.6) is 0 Å². The molecule has 0 bridgehead atoms. The molecular formula is C12H14BrClN2O2S2. The second kappa shape index (κ2) is 6.27. The Morgan fingerprint density at radius 2 is 2.20 bits per heavy atom. The molecule has 2 rings (SSSR count). The first kappa shape index (κ1) is 16.2. The molecule has 110 valence electrons. The molecule has 0 amide bonds. The molecule has 1 fully saturated rings. The van der Waals surface area contributed by atoms with Gasteiger partial charge in [0, 0.05) is 23.5 Å². The van der Waals surface area contributed by atoms with Gasteiger partial charge >= 0.3 is 0 Å². The molecule has 1 aliphatic heterocycles. The SMILES string of the molecule is NC(=S)C1CCCN(S(=O)(=O)c2ccc(Cl)c(Br)c2)C1. The van der Waals surface area contributed by atoms with Gasteiger partial charge in [-0.3, -0.25) is 0 Å². The second-order valence-electron chi connectivity index (χ2n) is 4.68. The minimum atomic E-state index is -3.54. The fourth-order valence-corrected chi connectivity index (χ4v) is 4.57. The van der Waals surface area contributed by atoms with E-state index in [0.717, 1.165) is 12.8 Å². The normalized spacial score (nSPS) is 20.8. The van der Waals surface area contributed by atoms with E-state index in [-0.39, 0.29) is 10.8 Å². The Balaban J connectivity index is 2.29. The Hall–Kier alpha value is -0.210. The lowest BCUT2D eigenvalue weighted by atomic mass is 10.0. The summed E-state index contributed by atoms with van der Waals surface area (Å²) in [6, 6.07) is 4.59. The van der Waals surface area contributed by atoms with Gasteiger partial charge in [-0.15, -0.1) is 0 Å². The predicted molar refractivity (Wildman–Crippen MR) is 87.4 cm³/mol. The minimum absolute atomic E-state index is 0.0516. The molecule has 1 heterocycles. The van der Waals surface area contributed by atoms with E-state index in [1.165, 1.54) is 16.4 Å². The molecule has 0 spiro atoms. The minimum Gasteiger partial charge on any atom is -0.393 e. The highest BCUT2D eigenvalue weighted by Gasteiger charge is 2.31. The molecule has 1 aromatic rings. The maximum atomic E-state index is 12.6. The molecule has 1 aromatic carbocycles. The molecule has 1 atom stereocenters. The van der Waals surface area contributed by atoms with E-state index in [9.17, 15) is 8.42 Å². The van der Waals surface area contributed by atoms with E-state index in [1.807, 2.05) is 0 Å². The Labute approximate surface area is 137 Å². The number of sulfonamides is 1. The van der Waals surface area contributed by atoms with Gasteiger partial charge in [-0.2, -0.15) is 4.31 Å². The lowest BCUT2D eigenvalue weighted by Crippen LogP contribution is -2.43. The van der Waals surface area contributed by atoms with Crippen LogP contribution >= 0.6 is 39.7 Å². The van der Waals surface area contributed by atoms with Gasteiger partial charge in [-0.25, -0.2) is 8.42 Å². The lowest BCUT2D eigenvalue weighted by molar-refractivity contribution is 0.312. The molecule has 20 heavy (non-hydrogen) atoms. The molecule has 0 aromatic heterocycles. The van der Waals surface area contributed by atoms with Gasteiger partial charge in [0.2, 0.25) is 10.0 Å². The zero-order chi connectivity index (χ0) is 14.9. The van der Waals surface area contributed by atoms with Crippen LogP contribution < -0.4 is 5.73 Å². The molecule has 1 unspecified atom stereocenters. The molecule has 2 N–H and O–H groups in total. The molecule has 1 saturated heterocycles. The molecule has 0 saturated carbocycles. The molecule has 0 radical (unpaired) electrons. The largest absolute Gasteiger partial charge is 0.393 e. The zero-order valence-corrected chi connectivity index (χ0v) is 14.5. The summed E-state index contributed by atoms with van der Waals surface area (Å²) in [5, 5.41) is 0.476. The van der Waals surface area contributed by atoms with Crippen molar-refractivity contribution in [3.63, 3.8) is 0 Å². The van der Waals surface area contributed by atoms with E-state index in [1.54, 1.807) is 6.07 Å². The van der Waals surface area contributed by atoms with Gasteiger partial charge < -0.3 is 5.73 Å². The summed E-state index contributed by atoms with van der Waals surface area (Å²) in [5.41, 5.74) is 5.64. The highest BCUT2D eigenvalue weighted by Crippen LogP contribution is 2.29. The summed E-state index contributed by atoms with van der Waals surface area (Å²) in [6.07, 6.45) is 1.60. The van der Waals surface area contributed by atoms with Crippen molar-refractivity contribution < 1.29 is 8.42 Å². The Morgan fingerprint density at radius 1 is 1.50 bits per heavy atom. The van der Waals surface area contributed by atoms with Crippen LogP contribution in [0.15, 0.2) is 27.6 Å². The molecule has 0 aliphatic carbocycles. The summed E-state index contributed by atoms with van der Waals surface area (Å²) >= 11 is 14.1. The van der Waals surface area contributed by atoms with Crippen molar-refractivity contribution in [2.45, 2.75) is 17.7 Å². The second-order valence-corrected chi connectivity index (χ2v) is 8.35. The fourth-order valence-electron chi connectivity index (χ4n) is 2.18. The molecule has 4 nitrogen and oxygen atoms in total. The van der Waals surface area contributed by atoms with E-state index < -0.39 is 10.0 Å². The van der Waals surface area contributed by atoms with E-state index in [4.69, 9.17) is 29.6 Å².